The van der Waals surface area contributed by atoms with Crippen LogP contribution in [0.4, 0.5) is 10.6 Å². The Hall–Kier alpha value is -1.97. The molecule has 0 radical (unpaired) electrons. The second-order valence-electron chi connectivity index (χ2n) is 8.02. The molecule has 0 atom stereocenters. The van der Waals surface area contributed by atoms with Gasteiger partial charge in [-0.25, -0.2) is 9.69 Å². The van der Waals surface area contributed by atoms with Gasteiger partial charge < -0.3 is 4.74 Å². The minimum atomic E-state index is -1.24. The van der Waals surface area contributed by atoms with Gasteiger partial charge >= 0.3 is 6.03 Å². The number of ether oxygens (including phenoxy) is 1. The van der Waals surface area contributed by atoms with Crippen LogP contribution in [0.3, 0.4) is 0 Å². The van der Waals surface area contributed by atoms with Gasteiger partial charge in [0.2, 0.25) is 0 Å². The molecular formula is C19H25BrN4O3Si. The zero-order valence-corrected chi connectivity index (χ0v) is 19.2. The van der Waals surface area contributed by atoms with Crippen molar-refractivity contribution in [3.05, 3.63) is 34.8 Å². The standard InChI is InChI=1S/C19H25BrN4O3Si/c1-22-16-12-14(20)7-8-15(16)18(21-22)23-9-5-6-17(25)24(19(23)26)13-27-10-11-28(2,3)4/h5-8,12H,9-11,13H2,1-4H3. The Morgan fingerprint density at radius 2 is 2.00 bits per heavy atom. The van der Waals surface area contributed by atoms with Gasteiger partial charge in [-0.15, -0.1) is 0 Å². The van der Waals surface area contributed by atoms with Gasteiger partial charge in [0.25, 0.3) is 5.91 Å². The van der Waals surface area contributed by atoms with Gasteiger partial charge in [-0.3, -0.25) is 14.4 Å². The maximum absolute atomic E-state index is 13.1. The third-order valence-electron chi connectivity index (χ3n) is 4.54. The topological polar surface area (TPSA) is 67.7 Å². The highest BCUT2D eigenvalue weighted by Gasteiger charge is 2.31. The molecule has 0 aliphatic carbocycles. The second-order valence-corrected chi connectivity index (χ2v) is 14.6. The summed E-state index contributed by atoms with van der Waals surface area (Å²) < 4.78 is 8.33. The van der Waals surface area contributed by atoms with Crippen molar-refractivity contribution < 1.29 is 14.3 Å². The minimum Gasteiger partial charge on any atom is -0.361 e. The number of anilines is 1. The molecule has 0 spiro atoms. The van der Waals surface area contributed by atoms with Crippen LogP contribution in [0.5, 0.6) is 0 Å². The number of carbonyl (C=O) groups is 2. The number of aryl methyl sites for hydroxylation is 1. The molecule has 150 valence electrons. The first kappa shape index (κ1) is 20.8. The predicted octanol–water partition coefficient (Wildman–Crippen LogP) is 3.97. The Balaban J connectivity index is 1.83. The number of hydrogen-bond acceptors (Lipinski definition) is 4. The van der Waals surface area contributed by atoms with Crippen molar-refractivity contribution in [2.75, 3.05) is 24.8 Å². The quantitative estimate of drug-likeness (QED) is 0.478. The molecular weight excluding hydrogens is 440 g/mol. The summed E-state index contributed by atoms with van der Waals surface area (Å²) in [6, 6.07) is 6.33. The summed E-state index contributed by atoms with van der Waals surface area (Å²) in [5.74, 6) is 0.157. The number of halogens is 1. The van der Waals surface area contributed by atoms with Crippen LogP contribution in [0.1, 0.15) is 0 Å². The average molecular weight is 465 g/mol. The molecule has 3 amide bonds. The Morgan fingerprint density at radius 3 is 2.71 bits per heavy atom. The summed E-state index contributed by atoms with van der Waals surface area (Å²) in [4.78, 5) is 28.2. The summed E-state index contributed by atoms with van der Waals surface area (Å²) >= 11 is 3.46. The van der Waals surface area contributed by atoms with E-state index in [1.165, 1.54) is 11.0 Å². The fraction of sp³-hybridized carbons (Fsp3) is 0.421. The summed E-state index contributed by atoms with van der Waals surface area (Å²) in [7, 11) is 0.591. The molecule has 0 unspecified atom stereocenters. The summed E-state index contributed by atoms with van der Waals surface area (Å²) in [6.07, 6.45) is 3.10. The number of amides is 3. The molecule has 1 aliphatic heterocycles. The highest BCUT2D eigenvalue weighted by atomic mass is 79.9. The van der Waals surface area contributed by atoms with E-state index in [1.54, 1.807) is 10.8 Å². The number of carbonyl (C=O) groups excluding carboxylic acids is 2. The fourth-order valence-electron chi connectivity index (χ4n) is 2.91. The normalized spacial score (nSPS) is 15.6. The van der Waals surface area contributed by atoms with Crippen molar-refractivity contribution >= 4 is 52.7 Å². The Labute approximate surface area is 174 Å². The van der Waals surface area contributed by atoms with E-state index in [-0.39, 0.29) is 19.2 Å². The first-order valence-corrected chi connectivity index (χ1v) is 13.7. The van der Waals surface area contributed by atoms with Gasteiger partial charge in [0, 0.05) is 44.2 Å². The van der Waals surface area contributed by atoms with Crippen molar-refractivity contribution in [1.82, 2.24) is 14.7 Å². The summed E-state index contributed by atoms with van der Waals surface area (Å²) in [5, 5.41) is 5.38. The van der Waals surface area contributed by atoms with Crippen molar-refractivity contribution in [3.8, 4) is 0 Å². The lowest BCUT2D eigenvalue weighted by Gasteiger charge is -2.25. The van der Waals surface area contributed by atoms with Crippen LogP contribution in [0.15, 0.2) is 34.8 Å². The molecule has 2 heterocycles. The van der Waals surface area contributed by atoms with Gasteiger partial charge in [-0.1, -0.05) is 41.6 Å². The van der Waals surface area contributed by atoms with E-state index in [9.17, 15) is 9.59 Å². The number of hydrogen-bond donors (Lipinski definition) is 0. The van der Waals surface area contributed by atoms with Crippen molar-refractivity contribution in [2.45, 2.75) is 25.7 Å². The lowest BCUT2D eigenvalue weighted by atomic mass is 10.2. The van der Waals surface area contributed by atoms with Gasteiger partial charge in [-0.05, 0) is 24.2 Å². The molecule has 3 rings (SSSR count). The molecule has 0 N–H and O–H groups in total. The van der Waals surface area contributed by atoms with Crippen LogP contribution >= 0.6 is 15.9 Å². The molecule has 2 aromatic rings. The smallest absolute Gasteiger partial charge is 0.334 e. The van der Waals surface area contributed by atoms with Crippen LogP contribution < -0.4 is 4.90 Å². The average Bonchev–Trinajstić information content (AvgIpc) is 2.85. The highest BCUT2D eigenvalue weighted by molar-refractivity contribution is 9.10. The monoisotopic (exact) mass is 464 g/mol. The third-order valence-corrected chi connectivity index (χ3v) is 6.74. The molecule has 0 fully saturated rings. The number of aromatic nitrogens is 2. The van der Waals surface area contributed by atoms with Crippen molar-refractivity contribution in [3.63, 3.8) is 0 Å². The zero-order chi connectivity index (χ0) is 20.5. The molecule has 1 aromatic carbocycles. The lowest BCUT2D eigenvalue weighted by molar-refractivity contribution is -0.127. The third kappa shape index (κ3) is 4.53. The van der Waals surface area contributed by atoms with E-state index in [1.807, 2.05) is 25.2 Å². The molecule has 0 bridgehead atoms. The molecule has 9 heteroatoms. The zero-order valence-electron chi connectivity index (χ0n) is 16.6. The number of fused-ring (bicyclic) bond motifs is 1. The van der Waals surface area contributed by atoms with Gasteiger partial charge in [-0.2, -0.15) is 5.10 Å². The van der Waals surface area contributed by atoms with Crippen LogP contribution in [-0.4, -0.2) is 54.6 Å². The van der Waals surface area contributed by atoms with Crippen LogP contribution in [-0.2, 0) is 16.6 Å². The Kier molecular flexibility index (Phi) is 6.06. The lowest BCUT2D eigenvalue weighted by Crippen LogP contribution is -2.46. The molecule has 0 saturated carbocycles. The predicted molar refractivity (Wildman–Crippen MR) is 116 cm³/mol. The first-order chi connectivity index (χ1) is 13.2. The molecule has 1 aliphatic rings. The van der Waals surface area contributed by atoms with Gasteiger partial charge in [0.15, 0.2) is 5.82 Å². The Morgan fingerprint density at radius 1 is 1.25 bits per heavy atom. The molecule has 28 heavy (non-hydrogen) atoms. The summed E-state index contributed by atoms with van der Waals surface area (Å²) in [5.41, 5.74) is 0.898. The maximum atomic E-state index is 13.1. The van der Waals surface area contributed by atoms with Crippen LogP contribution in [0.2, 0.25) is 25.7 Å². The van der Waals surface area contributed by atoms with E-state index >= 15 is 0 Å². The van der Waals surface area contributed by atoms with E-state index < -0.39 is 14.1 Å². The number of nitrogens with zero attached hydrogens (tertiary/aromatic N) is 4. The SMILES string of the molecule is Cn1nc(N2CC=CC(=O)N(COCC[Si](C)(C)C)C2=O)c2ccc(Br)cc21. The maximum Gasteiger partial charge on any atom is 0.334 e. The number of urea groups is 1. The van der Waals surface area contributed by atoms with Crippen molar-refractivity contribution in [2.24, 2.45) is 7.05 Å². The summed E-state index contributed by atoms with van der Waals surface area (Å²) in [6.45, 7) is 7.53. The largest absolute Gasteiger partial charge is 0.361 e. The molecule has 1 aromatic heterocycles. The number of imide groups is 1. The molecule has 7 nitrogen and oxygen atoms in total. The van der Waals surface area contributed by atoms with Crippen LogP contribution in [0, 0.1) is 0 Å². The number of benzene rings is 1. The van der Waals surface area contributed by atoms with E-state index in [2.05, 4.69) is 40.7 Å². The second kappa shape index (κ2) is 8.18. The van der Waals surface area contributed by atoms with Gasteiger partial charge in [0.05, 0.1) is 5.52 Å². The van der Waals surface area contributed by atoms with Crippen molar-refractivity contribution in [1.29, 1.82) is 0 Å². The van der Waals surface area contributed by atoms with Crippen LogP contribution in [0.25, 0.3) is 10.9 Å². The fourth-order valence-corrected chi connectivity index (χ4v) is 4.01. The number of rotatable bonds is 6. The first-order valence-electron chi connectivity index (χ1n) is 9.17. The molecule has 0 saturated heterocycles. The van der Waals surface area contributed by atoms with E-state index in [4.69, 9.17) is 4.74 Å². The van der Waals surface area contributed by atoms with E-state index in [0.717, 1.165) is 26.3 Å². The minimum absolute atomic E-state index is 0.0562. The van der Waals surface area contributed by atoms with E-state index in [0.29, 0.717) is 12.4 Å². The highest BCUT2D eigenvalue weighted by Crippen LogP contribution is 2.29. The van der Waals surface area contributed by atoms with Gasteiger partial charge in [0.1, 0.15) is 6.73 Å². The Bertz CT molecular complexity index is 935.